The van der Waals surface area contributed by atoms with Gasteiger partial charge in [-0.3, -0.25) is 0 Å². The molecule has 19 heavy (non-hydrogen) atoms. The van der Waals surface area contributed by atoms with E-state index in [2.05, 4.69) is 24.1 Å². The summed E-state index contributed by atoms with van der Waals surface area (Å²) in [5, 5.41) is 3.59. The first-order chi connectivity index (χ1) is 9.00. The summed E-state index contributed by atoms with van der Waals surface area (Å²) in [6.07, 6.45) is 3.43. The van der Waals surface area contributed by atoms with Crippen LogP contribution in [-0.4, -0.2) is 57.0 Å². The second kappa shape index (κ2) is 6.55. The Morgan fingerprint density at radius 2 is 2.16 bits per heavy atom. The third-order valence-corrected chi connectivity index (χ3v) is 6.59. The molecule has 3 unspecified atom stereocenters. The van der Waals surface area contributed by atoms with Crippen LogP contribution in [0.2, 0.25) is 0 Å². The minimum atomic E-state index is -2.73. The maximum atomic E-state index is 11.4. The summed E-state index contributed by atoms with van der Waals surface area (Å²) in [4.78, 5) is 2.52. The van der Waals surface area contributed by atoms with E-state index in [1.807, 2.05) is 0 Å². The number of likely N-dealkylation sites (tertiary alicyclic amines) is 1. The molecule has 0 aliphatic carbocycles. The Kier molecular flexibility index (Phi) is 5.26. The van der Waals surface area contributed by atoms with E-state index in [1.165, 1.54) is 25.9 Å². The minimum Gasteiger partial charge on any atom is -0.314 e. The number of hydrogen-bond acceptors (Lipinski definition) is 4. The molecule has 0 aromatic heterocycles. The monoisotopic (exact) mass is 288 g/mol. The Labute approximate surface area is 117 Å². The Hall–Kier alpha value is -0.130. The molecular formula is C14H28N2O2S. The minimum absolute atomic E-state index is 0.332. The van der Waals surface area contributed by atoms with Crippen LogP contribution in [0.4, 0.5) is 0 Å². The molecule has 2 aliphatic rings. The molecule has 0 radical (unpaired) electrons. The predicted molar refractivity (Wildman–Crippen MR) is 79.1 cm³/mol. The molecule has 2 heterocycles. The molecule has 1 N–H and O–H groups in total. The van der Waals surface area contributed by atoms with Crippen molar-refractivity contribution in [3.63, 3.8) is 0 Å². The standard InChI is InChI=1S/C14H28N2O2S/c1-3-16-7-4-5-14(10-16)12(2)15-9-13-6-8-19(17,18)11-13/h12-15H,3-11H2,1-2H3. The van der Waals surface area contributed by atoms with Crippen LogP contribution in [0.25, 0.3) is 0 Å². The van der Waals surface area contributed by atoms with Crippen molar-refractivity contribution in [3.05, 3.63) is 0 Å². The summed E-state index contributed by atoms with van der Waals surface area (Å²) >= 11 is 0. The fourth-order valence-corrected chi connectivity index (χ4v) is 5.20. The van der Waals surface area contributed by atoms with Crippen LogP contribution < -0.4 is 5.32 Å². The number of hydrogen-bond donors (Lipinski definition) is 1. The van der Waals surface area contributed by atoms with Gasteiger partial charge in [-0.25, -0.2) is 8.42 Å². The van der Waals surface area contributed by atoms with Gasteiger partial charge in [0, 0.05) is 12.6 Å². The van der Waals surface area contributed by atoms with Crippen LogP contribution in [0.15, 0.2) is 0 Å². The summed E-state index contributed by atoms with van der Waals surface area (Å²) < 4.78 is 22.9. The lowest BCUT2D eigenvalue weighted by atomic mass is 9.91. The normalized spacial score (nSPS) is 33.4. The number of piperidine rings is 1. The molecule has 2 fully saturated rings. The average Bonchev–Trinajstić information content (AvgIpc) is 2.75. The van der Waals surface area contributed by atoms with Crippen molar-refractivity contribution in [3.8, 4) is 0 Å². The fraction of sp³-hybridized carbons (Fsp3) is 1.00. The van der Waals surface area contributed by atoms with Gasteiger partial charge in [0.2, 0.25) is 0 Å². The summed E-state index contributed by atoms with van der Waals surface area (Å²) in [5.41, 5.74) is 0. The summed E-state index contributed by atoms with van der Waals surface area (Å²) in [5.74, 6) is 1.82. The van der Waals surface area contributed by atoms with E-state index >= 15 is 0 Å². The van der Waals surface area contributed by atoms with E-state index in [-0.39, 0.29) is 0 Å². The van der Waals surface area contributed by atoms with Crippen LogP contribution in [0.1, 0.15) is 33.1 Å². The third kappa shape index (κ3) is 4.43. The highest BCUT2D eigenvalue weighted by atomic mass is 32.2. The quantitative estimate of drug-likeness (QED) is 0.824. The molecule has 0 spiro atoms. The van der Waals surface area contributed by atoms with Gasteiger partial charge >= 0.3 is 0 Å². The molecule has 2 rings (SSSR count). The van der Waals surface area contributed by atoms with E-state index in [9.17, 15) is 8.42 Å². The molecular weight excluding hydrogens is 260 g/mol. The van der Waals surface area contributed by atoms with Crippen molar-refractivity contribution in [2.45, 2.75) is 39.2 Å². The highest BCUT2D eigenvalue weighted by Gasteiger charge is 2.29. The second-order valence-electron chi connectivity index (χ2n) is 6.26. The first kappa shape index (κ1) is 15.3. The van der Waals surface area contributed by atoms with E-state index in [4.69, 9.17) is 0 Å². The Bertz CT molecular complexity index is 383. The lowest BCUT2D eigenvalue weighted by molar-refractivity contribution is 0.156. The highest BCUT2D eigenvalue weighted by Crippen LogP contribution is 2.21. The topological polar surface area (TPSA) is 49.4 Å². The first-order valence-corrected chi connectivity index (χ1v) is 9.48. The fourth-order valence-electron chi connectivity index (χ4n) is 3.34. The van der Waals surface area contributed by atoms with E-state index in [0.717, 1.165) is 19.5 Å². The molecule has 4 nitrogen and oxygen atoms in total. The number of sulfone groups is 1. The van der Waals surface area contributed by atoms with Crippen LogP contribution in [0, 0.1) is 11.8 Å². The first-order valence-electron chi connectivity index (χ1n) is 7.66. The molecule has 0 amide bonds. The van der Waals surface area contributed by atoms with Crippen molar-refractivity contribution >= 4 is 9.84 Å². The van der Waals surface area contributed by atoms with Crippen LogP contribution in [0.3, 0.4) is 0 Å². The van der Waals surface area contributed by atoms with Crippen molar-refractivity contribution < 1.29 is 8.42 Å². The summed E-state index contributed by atoms with van der Waals surface area (Å²) in [6, 6.07) is 0.498. The number of rotatable bonds is 5. The van der Waals surface area contributed by atoms with Gasteiger partial charge in [-0.05, 0) is 57.7 Å². The molecule has 3 atom stereocenters. The van der Waals surface area contributed by atoms with Crippen LogP contribution >= 0.6 is 0 Å². The van der Waals surface area contributed by atoms with Crippen molar-refractivity contribution in [1.29, 1.82) is 0 Å². The lowest BCUT2D eigenvalue weighted by Gasteiger charge is -2.35. The van der Waals surface area contributed by atoms with Gasteiger partial charge in [-0.15, -0.1) is 0 Å². The van der Waals surface area contributed by atoms with Gasteiger partial charge in [0.25, 0.3) is 0 Å². The average molecular weight is 288 g/mol. The number of nitrogens with one attached hydrogen (secondary N) is 1. The largest absolute Gasteiger partial charge is 0.314 e. The van der Waals surface area contributed by atoms with E-state index in [1.54, 1.807) is 0 Å². The zero-order valence-electron chi connectivity index (χ0n) is 12.3. The molecule has 0 aromatic rings. The predicted octanol–water partition coefficient (Wildman–Crippen LogP) is 1.13. The highest BCUT2D eigenvalue weighted by molar-refractivity contribution is 7.91. The van der Waals surface area contributed by atoms with Crippen molar-refractivity contribution in [2.75, 3.05) is 37.7 Å². The smallest absolute Gasteiger partial charge is 0.150 e. The van der Waals surface area contributed by atoms with E-state index in [0.29, 0.717) is 29.4 Å². The van der Waals surface area contributed by atoms with Crippen LogP contribution in [0.5, 0.6) is 0 Å². The molecule has 0 aromatic carbocycles. The molecule has 5 heteroatoms. The zero-order chi connectivity index (χ0) is 13.9. The third-order valence-electron chi connectivity index (χ3n) is 4.75. The maximum absolute atomic E-state index is 11.4. The lowest BCUT2D eigenvalue weighted by Crippen LogP contribution is -2.45. The zero-order valence-corrected chi connectivity index (χ0v) is 13.1. The van der Waals surface area contributed by atoms with Gasteiger partial charge in [0.1, 0.15) is 0 Å². The van der Waals surface area contributed by atoms with Gasteiger partial charge < -0.3 is 10.2 Å². The van der Waals surface area contributed by atoms with Crippen molar-refractivity contribution in [2.24, 2.45) is 11.8 Å². The van der Waals surface area contributed by atoms with Gasteiger partial charge in [-0.2, -0.15) is 0 Å². The SMILES string of the molecule is CCN1CCCC(C(C)NCC2CCS(=O)(=O)C2)C1. The molecule has 2 aliphatic heterocycles. The Balaban J connectivity index is 1.73. The molecule has 2 saturated heterocycles. The van der Waals surface area contributed by atoms with Gasteiger partial charge in [0.15, 0.2) is 9.84 Å². The van der Waals surface area contributed by atoms with E-state index < -0.39 is 9.84 Å². The molecule has 0 bridgehead atoms. The molecule has 112 valence electrons. The second-order valence-corrected chi connectivity index (χ2v) is 8.49. The summed E-state index contributed by atoms with van der Waals surface area (Å²) in [7, 11) is -2.73. The maximum Gasteiger partial charge on any atom is 0.150 e. The Morgan fingerprint density at radius 3 is 2.79 bits per heavy atom. The Morgan fingerprint density at radius 1 is 1.37 bits per heavy atom. The molecule has 0 saturated carbocycles. The summed E-state index contributed by atoms with van der Waals surface area (Å²) in [6.45, 7) is 8.92. The van der Waals surface area contributed by atoms with Gasteiger partial charge in [-0.1, -0.05) is 6.92 Å². The van der Waals surface area contributed by atoms with Gasteiger partial charge in [0.05, 0.1) is 11.5 Å². The van der Waals surface area contributed by atoms with Crippen molar-refractivity contribution in [1.82, 2.24) is 10.2 Å². The van der Waals surface area contributed by atoms with Crippen LogP contribution in [-0.2, 0) is 9.84 Å². The number of nitrogens with zero attached hydrogens (tertiary/aromatic N) is 1.